The molecule has 1 aliphatic rings. The summed E-state index contributed by atoms with van der Waals surface area (Å²) in [4.78, 5) is 14.8. The van der Waals surface area contributed by atoms with Gasteiger partial charge in [0.15, 0.2) is 0 Å². The standard InChI is InChI=1S/C21H26N2O3/c1-16(21(24)22-14-18-10-6-7-11-19(18)25-2)23-12-13-26-20(15-23)17-8-4-3-5-9-17/h3-11,16,20H,12-15H2,1-2H3,(H,22,24). The number of carbonyl (C=O) groups is 1. The first kappa shape index (κ1) is 18.4. The first-order valence-corrected chi connectivity index (χ1v) is 8.99. The van der Waals surface area contributed by atoms with Crippen molar-refractivity contribution in [3.05, 3.63) is 65.7 Å². The molecule has 2 unspecified atom stereocenters. The monoisotopic (exact) mass is 354 g/mol. The van der Waals surface area contributed by atoms with Gasteiger partial charge < -0.3 is 14.8 Å². The molecule has 1 fully saturated rings. The van der Waals surface area contributed by atoms with Crippen LogP contribution in [0.1, 0.15) is 24.2 Å². The zero-order valence-corrected chi connectivity index (χ0v) is 15.4. The van der Waals surface area contributed by atoms with Gasteiger partial charge in [-0.05, 0) is 18.6 Å². The number of benzene rings is 2. The van der Waals surface area contributed by atoms with Crippen molar-refractivity contribution in [2.45, 2.75) is 25.6 Å². The van der Waals surface area contributed by atoms with Crippen LogP contribution in [-0.4, -0.2) is 43.7 Å². The lowest BCUT2D eigenvalue weighted by Gasteiger charge is -2.36. The molecule has 0 radical (unpaired) electrons. The number of nitrogens with zero attached hydrogens (tertiary/aromatic N) is 1. The van der Waals surface area contributed by atoms with Crippen molar-refractivity contribution < 1.29 is 14.3 Å². The molecule has 1 saturated heterocycles. The van der Waals surface area contributed by atoms with Crippen molar-refractivity contribution in [1.29, 1.82) is 0 Å². The maximum Gasteiger partial charge on any atom is 0.237 e. The Labute approximate surface area is 154 Å². The summed E-state index contributed by atoms with van der Waals surface area (Å²) in [5.41, 5.74) is 2.12. The third-order valence-electron chi connectivity index (χ3n) is 4.84. The van der Waals surface area contributed by atoms with Gasteiger partial charge in [-0.15, -0.1) is 0 Å². The Morgan fingerprint density at radius 2 is 1.96 bits per heavy atom. The molecular weight excluding hydrogens is 328 g/mol. The lowest BCUT2D eigenvalue weighted by molar-refractivity contribution is -0.129. The van der Waals surface area contributed by atoms with Gasteiger partial charge in [-0.25, -0.2) is 0 Å². The van der Waals surface area contributed by atoms with Gasteiger partial charge in [0.25, 0.3) is 0 Å². The highest BCUT2D eigenvalue weighted by Gasteiger charge is 2.28. The molecule has 2 aromatic rings. The minimum absolute atomic E-state index is 0.00872. The SMILES string of the molecule is COc1ccccc1CNC(=O)C(C)N1CCOC(c2ccccc2)C1. The molecule has 2 atom stereocenters. The molecule has 0 aliphatic carbocycles. The second-order valence-corrected chi connectivity index (χ2v) is 6.47. The first-order valence-electron chi connectivity index (χ1n) is 8.99. The van der Waals surface area contributed by atoms with E-state index in [9.17, 15) is 4.79 Å². The third kappa shape index (κ3) is 4.42. The number of carbonyl (C=O) groups excluding carboxylic acids is 1. The number of para-hydroxylation sites is 1. The van der Waals surface area contributed by atoms with Gasteiger partial charge in [-0.1, -0.05) is 48.5 Å². The van der Waals surface area contributed by atoms with Crippen molar-refractivity contribution in [2.75, 3.05) is 26.8 Å². The highest BCUT2D eigenvalue weighted by atomic mass is 16.5. The van der Waals surface area contributed by atoms with Crippen LogP contribution in [0.4, 0.5) is 0 Å². The van der Waals surface area contributed by atoms with E-state index in [0.29, 0.717) is 19.7 Å². The fourth-order valence-corrected chi connectivity index (χ4v) is 3.24. The van der Waals surface area contributed by atoms with Crippen LogP contribution in [0.3, 0.4) is 0 Å². The number of rotatable bonds is 6. The molecule has 26 heavy (non-hydrogen) atoms. The zero-order valence-electron chi connectivity index (χ0n) is 15.4. The Bertz CT molecular complexity index is 720. The summed E-state index contributed by atoms with van der Waals surface area (Å²) < 4.78 is 11.2. The van der Waals surface area contributed by atoms with E-state index in [1.165, 1.54) is 0 Å². The van der Waals surface area contributed by atoms with Crippen LogP contribution in [0, 0.1) is 0 Å². The Morgan fingerprint density at radius 3 is 2.73 bits per heavy atom. The van der Waals surface area contributed by atoms with E-state index in [-0.39, 0.29) is 18.1 Å². The highest BCUT2D eigenvalue weighted by Crippen LogP contribution is 2.23. The van der Waals surface area contributed by atoms with Crippen LogP contribution in [-0.2, 0) is 16.1 Å². The maximum absolute atomic E-state index is 12.6. The summed E-state index contributed by atoms with van der Waals surface area (Å²) in [6, 6.07) is 17.7. The summed E-state index contributed by atoms with van der Waals surface area (Å²) >= 11 is 0. The number of amides is 1. The third-order valence-corrected chi connectivity index (χ3v) is 4.84. The molecule has 0 spiro atoms. The predicted octanol–water partition coefficient (Wildman–Crippen LogP) is 2.77. The molecular formula is C21H26N2O3. The molecule has 5 heteroatoms. The van der Waals surface area contributed by atoms with Gasteiger partial charge in [0.05, 0.1) is 25.9 Å². The molecule has 3 rings (SSSR count). The van der Waals surface area contributed by atoms with Crippen LogP contribution in [0.25, 0.3) is 0 Å². The fraction of sp³-hybridized carbons (Fsp3) is 0.381. The van der Waals surface area contributed by atoms with E-state index in [1.807, 2.05) is 49.4 Å². The number of hydrogen-bond acceptors (Lipinski definition) is 4. The summed E-state index contributed by atoms with van der Waals surface area (Å²) in [5, 5.41) is 3.02. The number of ether oxygens (including phenoxy) is 2. The number of nitrogens with one attached hydrogen (secondary N) is 1. The van der Waals surface area contributed by atoms with Crippen molar-refractivity contribution in [3.8, 4) is 5.75 Å². The Hall–Kier alpha value is -2.37. The second kappa shape index (κ2) is 8.83. The molecule has 0 saturated carbocycles. The average Bonchev–Trinajstić information content (AvgIpc) is 2.72. The summed E-state index contributed by atoms with van der Waals surface area (Å²) in [7, 11) is 1.64. The van der Waals surface area contributed by atoms with Crippen LogP contribution in [0.2, 0.25) is 0 Å². The highest BCUT2D eigenvalue weighted by molar-refractivity contribution is 5.81. The van der Waals surface area contributed by atoms with Gasteiger partial charge in [-0.2, -0.15) is 0 Å². The first-order chi connectivity index (χ1) is 12.7. The molecule has 1 N–H and O–H groups in total. The molecule has 1 aliphatic heterocycles. The van der Waals surface area contributed by atoms with Crippen molar-refractivity contribution >= 4 is 5.91 Å². The number of morpholine rings is 1. The van der Waals surface area contributed by atoms with Gasteiger partial charge in [-0.3, -0.25) is 9.69 Å². The van der Waals surface area contributed by atoms with Gasteiger partial charge in [0.1, 0.15) is 5.75 Å². The van der Waals surface area contributed by atoms with Crippen molar-refractivity contribution in [1.82, 2.24) is 10.2 Å². The molecule has 1 amide bonds. The molecule has 5 nitrogen and oxygen atoms in total. The number of hydrogen-bond donors (Lipinski definition) is 1. The minimum Gasteiger partial charge on any atom is -0.496 e. The van der Waals surface area contributed by atoms with Crippen LogP contribution in [0.5, 0.6) is 5.75 Å². The van der Waals surface area contributed by atoms with Gasteiger partial charge >= 0.3 is 0 Å². The Morgan fingerprint density at radius 1 is 1.23 bits per heavy atom. The molecule has 138 valence electrons. The van der Waals surface area contributed by atoms with Crippen LogP contribution >= 0.6 is 0 Å². The van der Waals surface area contributed by atoms with E-state index in [2.05, 4.69) is 22.3 Å². The fourth-order valence-electron chi connectivity index (χ4n) is 3.24. The lowest BCUT2D eigenvalue weighted by atomic mass is 10.1. The number of methoxy groups -OCH3 is 1. The Kier molecular flexibility index (Phi) is 6.26. The van der Waals surface area contributed by atoms with E-state index < -0.39 is 0 Å². The second-order valence-electron chi connectivity index (χ2n) is 6.47. The summed E-state index contributed by atoms with van der Waals surface area (Å²) in [5.74, 6) is 0.806. The van der Waals surface area contributed by atoms with E-state index in [1.54, 1.807) is 7.11 Å². The lowest BCUT2D eigenvalue weighted by Crippen LogP contribution is -2.50. The minimum atomic E-state index is -0.209. The topological polar surface area (TPSA) is 50.8 Å². The van der Waals surface area contributed by atoms with Gasteiger partial charge in [0.2, 0.25) is 5.91 Å². The van der Waals surface area contributed by atoms with E-state index in [0.717, 1.165) is 23.4 Å². The van der Waals surface area contributed by atoms with Crippen LogP contribution in [0.15, 0.2) is 54.6 Å². The molecule has 1 heterocycles. The summed E-state index contributed by atoms with van der Waals surface area (Å²) in [6.45, 7) is 4.51. The Balaban J connectivity index is 1.57. The quantitative estimate of drug-likeness (QED) is 0.867. The largest absolute Gasteiger partial charge is 0.496 e. The predicted molar refractivity (Wildman–Crippen MR) is 101 cm³/mol. The summed E-state index contributed by atoms with van der Waals surface area (Å²) in [6.07, 6.45) is 0.00872. The van der Waals surface area contributed by atoms with Crippen molar-refractivity contribution in [2.24, 2.45) is 0 Å². The van der Waals surface area contributed by atoms with Crippen molar-refractivity contribution in [3.63, 3.8) is 0 Å². The maximum atomic E-state index is 12.6. The molecule has 2 aromatic carbocycles. The van der Waals surface area contributed by atoms with Gasteiger partial charge in [0, 0.05) is 25.2 Å². The van der Waals surface area contributed by atoms with E-state index in [4.69, 9.17) is 9.47 Å². The van der Waals surface area contributed by atoms with E-state index >= 15 is 0 Å². The zero-order chi connectivity index (χ0) is 18.4. The average molecular weight is 354 g/mol. The smallest absolute Gasteiger partial charge is 0.237 e. The molecule has 0 aromatic heterocycles. The van der Waals surface area contributed by atoms with Crippen LogP contribution < -0.4 is 10.1 Å². The molecule has 0 bridgehead atoms. The normalized spacial score (nSPS) is 18.9.